The monoisotopic (exact) mass is 486 g/mol. The van der Waals surface area contributed by atoms with Gasteiger partial charge in [-0.1, -0.05) is 18.2 Å². The molecule has 0 spiro atoms. The molecule has 2 aliphatic heterocycles. The van der Waals surface area contributed by atoms with Crippen LogP contribution in [0.25, 0.3) is 11.1 Å². The molecule has 2 aromatic carbocycles. The third kappa shape index (κ3) is 6.58. The summed E-state index contributed by atoms with van der Waals surface area (Å²) >= 11 is 0. The Balaban J connectivity index is 1.31. The van der Waals surface area contributed by atoms with Crippen molar-refractivity contribution in [3.8, 4) is 16.9 Å². The molecule has 7 heteroatoms. The number of hydrogen-bond donors (Lipinski definition) is 1. The highest BCUT2D eigenvalue weighted by Gasteiger charge is 2.30. The molecular weight excluding hydrogens is 450 g/mol. The zero-order valence-electron chi connectivity index (χ0n) is 20.7. The summed E-state index contributed by atoms with van der Waals surface area (Å²) in [6.45, 7) is 6.57. The predicted molar refractivity (Wildman–Crippen MR) is 133 cm³/mol. The van der Waals surface area contributed by atoms with Crippen LogP contribution in [0.15, 0.2) is 42.5 Å². The number of hydrogen-bond acceptors (Lipinski definition) is 4. The zero-order chi connectivity index (χ0) is 25.0. The highest BCUT2D eigenvalue weighted by atomic mass is 19.1. The van der Waals surface area contributed by atoms with Gasteiger partial charge in [0.25, 0.3) is 5.91 Å². The summed E-state index contributed by atoms with van der Waals surface area (Å²) in [6, 6.07) is 12.0. The molecule has 35 heavy (non-hydrogen) atoms. The van der Waals surface area contributed by atoms with Crippen LogP contribution < -0.4 is 4.74 Å². The molecule has 2 aromatic rings. The molecule has 4 rings (SSSR count). The minimum Gasteiger partial charge on any atom is -0.493 e. The second kappa shape index (κ2) is 11.0. The first-order chi connectivity index (χ1) is 16.7. The summed E-state index contributed by atoms with van der Waals surface area (Å²) in [4.78, 5) is 16.5. The van der Waals surface area contributed by atoms with Crippen LogP contribution >= 0.6 is 0 Å². The van der Waals surface area contributed by atoms with E-state index in [0.717, 1.165) is 50.1 Å². The number of rotatable bonds is 8. The number of nitrogens with zero attached hydrogens (tertiary/aromatic N) is 2. The summed E-state index contributed by atoms with van der Waals surface area (Å²) in [7, 11) is 0. The summed E-state index contributed by atoms with van der Waals surface area (Å²) in [5.41, 5.74) is 0.400. The van der Waals surface area contributed by atoms with Gasteiger partial charge >= 0.3 is 0 Å². The number of amides is 1. The first-order valence-electron chi connectivity index (χ1n) is 12.6. The number of benzene rings is 2. The van der Waals surface area contributed by atoms with Crippen molar-refractivity contribution >= 4 is 5.91 Å². The van der Waals surface area contributed by atoms with Crippen molar-refractivity contribution in [3.05, 3.63) is 53.8 Å². The Kier molecular flexibility index (Phi) is 8.07. The Morgan fingerprint density at radius 2 is 1.74 bits per heavy atom. The highest BCUT2D eigenvalue weighted by molar-refractivity contribution is 5.95. The van der Waals surface area contributed by atoms with Gasteiger partial charge in [0.15, 0.2) is 0 Å². The standard InChI is InChI=1S/C28H36F2N2O3/c1-28(2,30)19-31-14-11-20(12-15-31)18-35-24-8-5-21(6-9-24)22-7-10-25(26(29)16-22)27(34)32-13-3-4-23(32)17-33/h5-10,16,20,23,33H,3-4,11-15,17-19H2,1-2H3. The minimum atomic E-state index is -1.17. The maximum absolute atomic E-state index is 14.8. The van der Waals surface area contributed by atoms with Gasteiger partial charge in [-0.2, -0.15) is 0 Å². The Morgan fingerprint density at radius 1 is 1.06 bits per heavy atom. The lowest BCUT2D eigenvalue weighted by Crippen LogP contribution is -2.41. The number of likely N-dealkylation sites (tertiary alicyclic amines) is 2. The molecule has 0 bridgehead atoms. The Bertz CT molecular complexity index is 998. The van der Waals surface area contributed by atoms with E-state index in [9.17, 15) is 18.7 Å². The lowest BCUT2D eigenvalue weighted by Gasteiger charge is -2.34. The Labute approximate surface area is 206 Å². The molecule has 0 aromatic heterocycles. The number of ether oxygens (including phenoxy) is 1. The van der Waals surface area contributed by atoms with Gasteiger partial charge in [0, 0.05) is 13.1 Å². The molecule has 2 heterocycles. The normalized spacial score (nSPS) is 19.8. The largest absolute Gasteiger partial charge is 0.493 e. The first-order valence-corrected chi connectivity index (χ1v) is 12.6. The summed E-state index contributed by atoms with van der Waals surface area (Å²) in [5.74, 6) is 0.291. The molecule has 5 nitrogen and oxygen atoms in total. The van der Waals surface area contributed by atoms with Crippen LogP contribution in [0.4, 0.5) is 8.78 Å². The van der Waals surface area contributed by atoms with Crippen LogP contribution in [0.2, 0.25) is 0 Å². The maximum atomic E-state index is 14.8. The Hall–Kier alpha value is -2.51. The maximum Gasteiger partial charge on any atom is 0.257 e. The van der Waals surface area contributed by atoms with Crippen LogP contribution in [-0.4, -0.2) is 71.9 Å². The molecule has 0 radical (unpaired) electrons. The molecule has 1 N–H and O–H groups in total. The molecule has 2 aliphatic rings. The van der Waals surface area contributed by atoms with Gasteiger partial charge in [-0.25, -0.2) is 8.78 Å². The van der Waals surface area contributed by atoms with E-state index in [-0.39, 0.29) is 24.1 Å². The fourth-order valence-electron chi connectivity index (χ4n) is 5.12. The van der Waals surface area contributed by atoms with Crippen molar-refractivity contribution in [1.29, 1.82) is 0 Å². The van der Waals surface area contributed by atoms with Crippen molar-refractivity contribution in [2.45, 2.75) is 51.2 Å². The first kappa shape index (κ1) is 25.6. The third-order valence-electron chi connectivity index (χ3n) is 7.03. The molecular formula is C28H36F2N2O3. The molecule has 2 fully saturated rings. The number of carbonyl (C=O) groups is 1. The van der Waals surface area contributed by atoms with Gasteiger partial charge in [-0.3, -0.25) is 4.79 Å². The number of halogens is 2. The number of carbonyl (C=O) groups excluding carboxylic acids is 1. The van der Waals surface area contributed by atoms with E-state index < -0.39 is 11.5 Å². The van der Waals surface area contributed by atoms with Crippen molar-refractivity contribution in [1.82, 2.24) is 9.80 Å². The van der Waals surface area contributed by atoms with E-state index in [1.165, 1.54) is 12.1 Å². The van der Waals surface area contributed by atoms with E-state index in [4.69, 9.17) is 4.74 Å². The van der Waals surface area contributed by atoms with Crippen LogP contribution in [0.1, 0.15) is 49.9 Å². The molecule has 1 atom stereocenters. The number of aliphatic hydroxyl groups excluding tert-OH is 1. The van der Waals surface area contributed by atoms with E-state index in [1.54, 1.807) is 24.8 Å². The number of alkyl halides is 1. The topological polar surface area (TPSA) is 53.0 Å². The van der Waals surface area contributed by atoms with Gasteiger partial charge in [0.2, 0.25) is 0 Å². The van der Waals surface area contributed by atoms with Gasteiger partial charge in [0.1, 0.15) is 17.2 Å². The molecule has 1 unspecified atom stereocenters. The molecule has 0 saturated carbocycles. The van der Waals surface area contributed by atoms with E-state index >= 15 is 0 Å². The predicted octanol–water partition coefficient (Wildman–Crippen LogP) is 4.93. The highest BCUT2D eigenvalue weighted by Crippen LogP contribution is 2.27. The Morgan fingerprint density at radius 3 is 2.37 bits per heavy atom. The number of piperidine rings is 1. The second-order valence-electron chi connectivity index (χ2n) is 10.4. The van der Waals surface area contributed by atoms with Crippen LogP contribution in [0.3, 0.4) is 0 Å². The van der Waals surface area contributed by atoms with Crippen molar-refractivity contribution < 1.29 is 23.4 Å². The minimum absolute atomic E-state index is 0.0372. The third-order valence-corrected chi connectivity index (χ3v) is 7.03. The van der Waals surface area contributed by atoms with Crippen molar-refractivity contribution in [3.63, 3.8) is 0 Å². The van der Waals surface area contributed by atoms with Crippen LogP contribution in [0, 0.1) is 11.7 Å². The molecule has 0 aliphatic carbocycles. The fourth-order valence-corrected chi connectivity index (χ4v) is 5.12. The van der Waals surface area contributed by atoms with Gasteiger partial charge in [-0.15, -0.1) is 0 Å². The average molecular weight is 487 g/mol. The second-order valence-corrected chi connectivity index (χ2v) is 10.4. The quantitative estimate of drug-likeness (QED) is 0.575. The van der Waals surface area contributed by atoms with Gasteiger partial charge in [0.05, 0.1) is 24.8 Å². The van der Waals surface area contributed by atoms with Crippen molar-refractivity contribution in [2.24, 2.45) is 5.92 Å². The lowest BCUT2D eigenvalue weighted by atomic mass is 9.97. The SMILES string of the molecule is CC(C)(F)CN1CCC(COc2ccc(-c3ccc(C(=O)N4CCCC4CO)c(F)c3)cc2)CC1. The molecule has 190 valence electrons. The lowest BCUT2D eigenvalue weighted by molar-refractivity contribution is 0.0673. The van der Waals surface area contributed by atoms with Crippen LogP contribution in [0.5, 0.6) is 5.75 Å². The summed E-state index contributed by atoms with van der Waals surface area (Å²) in [5, 5.41) is 9.46. The van der Waals surface area contributed by atoms with Gasteiger partial charge < -0.3 is 19.6 Å². The van der Waals surface area contributed by atoms with Gasteiger partial charge in [-0.05, 0) is 93.9 Å². The number of aliphatic hydroxyl groups is 1. The van der Waals surface area contributed by atoms with E-state index in [1.807, 2.05) is 24.3 Å². The summed E-state index contributed by atoms with van der Waals surface area (Å²) in [6.07, 6.45) is 3.55. The van der Waals surface area contributed by atoms with E-state index in [0.29, 0.717) is 31.2 Å². The smallest absolute Gasteiger partial charge is 0.257 e. The average Bonchev–Trinajstić information content (AvgIpc) is 3.31. The molecule has 2 saturated heterocycles. The molecule has 1 amide bonds. The van der Waals surface area contributed by atoms with Crippen molar-refractivity contribution in [2.75, 3.05) is 39.4 Å². The van der Waals surface area contributed by atoms with E-state index in [2.05, 4.69) is 4.90 Å². The van der Waals surface area contributed by atoms with Crippen LogP contribution in [-0.2, 0) is 0 Å². The fraction of sp³-hybridized carbons (Fsp3) is 0.536. The summed E-state index contributed by atoms with van der Waals surface area (Å²) < 4.78 is 34.7. The zero-order valence-corrected chi connectivity index (χ0v) is 20.7.